The van der Waals surface area contributed by atoms with Crippen molar-refractivity contribution in [3.8, 4) is 0 Å². The van der Waals surface area contributed by atoms with Crippen molar-refractivity contribution in [1.82, 2.24) is 0 Å². The standard InChI is InChI=1S/C12H15F4N/c1-3-7(2)11(17)8-5-4-6-9(10(8)13)12(14,15)16/h4-7,11H,3,17H2,1-2H3. The minimum Gasteiger partial charge on any atom is -0.324 e. The van der Waals surface area contributed by atoms with E-state index in [2.05, 4.69) is 0 Å². The molecule has 0 bridgehead atoms. The van der Waals surface area contributed by atoms with Crippen LogP contribution in [0.4, 0.5) is 17.6 Å². The van der Waals surface area contributed by atoms with E-state index in [4.69, 9.17) is 5.73 Å². The lowest BCUT2D eigenvalue weighted by atomic mass is 9.92. The molecule has 17 heavy (non-hydrogen) atoms. The van der Waals surface area contributed by atoms with Gasteiger partial charge in [0.1, 0.15) is 5.82 Å². The van der Waals surface area contributed by atoms with Crippen LogP contribution in [-0.4, -0.2) is 0 Å². The van der Waals surface area contributed by atoms with Crippen molar-refractivity contribution >= 4 is 0 Å². The number of benzene rings is 1. The topological polar surface area (TPSA) is 26.0 Å². The zero-order valence-corrected chi connectivity index (χ0v) is 9.68. The molecule has 0 aliphatic heterocycles. The van der Waals surface area contributed by atoms with Crippen molar-refractivity contribution in [3.63, 3.8) is 0 Å². The third-order valence-corrected chi connectivity index (χ3v) is 2.95. The Morgan fingerprint density at radius 2 is 1.88 bits per heavy atom. The van der Waals surface area contributed by atoms with Gasteiger partial charge < -0.3 is 5.73 Å². The molecule has 0 spiro atoms. The second-order valence-corrected chi connectivity index (χ2v) is 4.12. The van der Waals surface area contributed by atoms with Crippen molar-refractivity contribution in [3.05, 3.63) is 35.1 Å². The van der Waals surface area contributed by atoms with Crippen LogP contribution in [0.2, 0.25) is 0 Å². The highest BCUT2D eigenvalue weighted by Gasteiger charge is 2.35. The fourth-order valence-electron chi connectivity index (χ4n) is 1.59. The van der Waals surface area contributed by atoms with Crippen LogP contribution in [0.15, 0.2) is 18.2 Å². The van der Waals surface area contributed by atoms with Gasteiger partial charge in [-0.05, 0) is 12.0 Å². The van der Waals surface area contributed by atoms with Crippen LogP contribution in [0.3, 0.4) is 0 Å². The van der Waals surface area contributed by atoms with Crippen LogP contribution in [0, 0.1) is 11.7 Å². The number of nitrogens with two attached hydrogens (primary N) is 1. The lowest BCUT2D eigenvalue weighted by molar-refractivity contribution is -0.140. The number of alkyl halides is 3. The van der Waals surface area contributed by atoms with Gasteiger partial charge in [0.25, 0.3) is 0 Å². The Balaban J connectivity index is 3.19. The highest BCUT2D eigenvalue weighted by atomic mass is 19.4. The molecule has 2 N–H and O–H groups in total. The zero-order chi connectivity index (χ0) is 13.2. The molecule has 2 atom stereocenters. The van der Waals surface area contributed by atoms with E-state index in [0.717, 1.165) is 6.07 Å². The highest BCUT2D eigenvalue weighted by molar-refractivity contribution is 5.30. The van der Waals surface area contributed by atoms with Gasteiger partial charge in [0.05, 0.1) is 5.56 Å². The molecule has 0 saturated heterocycles. The SMILES string of the molecule is CCC(C)C(N)c1cccc(C(F)(F)F)c1F. The van der Waals surface area contributed by atoms with Crippen molar-refractivity contribution < 1.29 is 17.6 Å². The van der Waals surface area contributed by atoms with Crippen LogP contribution in [-0.2, 0) is 6.18 Å². The van der Waals surface area contributed by atoms with E-state index < -0.39 is 23.6 Å². The van der Waals surface area contributed by atoms with E-state index in [9.17, 15) is 17.6 Å². The van der Waals surface area contributed by atoms with Gasteiger partial charge in [-0.2, -0.15) is 13.2 Å². The lowest BCUT2D eigenvalue weighted by Crippen LogP contribution is -2.21. The molecular formula is C12H15F4N. The van der Waals surface area contributed by atoms with Crippen LogP contribution >= 0.6 is 0 Å². The summed E-state index contributed by atoms with van der Waals surface area (Å²) < 4.78 is 51.2. The minimum atomic E-state index is -4.69. The third-order valence-electron chi connectivity index (χ3n) is 2.95. The van der Waals surface area contributed by atoms with Gasteiger partial charge in [0.15, 0.2) is 0 Å². The van der Waals surface area contributed by atoms with Crippen molar-refractivity contribution in [2.75, 3.05) is 0 Å². The predicted molar refractivity (Wildman–Crippen MR) is 57.8 cm³/mol. The first-order valence-electron chi connectivity index (χ1n) is 5.40. The fraction of sp³-hybridized carbons (Fsp3) is 0.500. The molecule has 2 unspecified atom stereocenters. The van der Waals surface area contributed by atoms with Crippen LogP contribution < -0.4 is 5.73 Å². The Kier molecular flexibility index (Phi) is 4.14. The summed E-state index contributed by atoms with van der Waals surface area (Å²) in [6.07, 6.45) is -4.01. The summed E-state index contributed by atoms with van der Waals surface area (Å²) in [4.78, 5) is 0. The van der Waals surface area contributed by atoms with Gasteiger partial charge in [-0.1, -0.05) is 32.4 Å². The largest absolute Gasteiger partial charge is 0.419 e. The normalized spacial score (nSPS) is 15.7. The number of rotatable bonds is 3. The van der Waals surface area contributed by atoms with E-state index >= 15 is 0 Å². The average molecular weight is 249 g/mol. The maximum absolute atomic E-state index is 13.7. The smallest absolute Gasteiger partial charge is 0.324 e. The lowest BCUT2D eigenvalue weighted by Gasteiger charge is -2.20. The Labute approximate surface area is 97.6 Å². The molecule has 0 saturated carbocycles. The van der Waals surface area contributed by atoms with E-state index in [-0.39, 0.29) is 11.5 Å². The summed E-state index contributed by atoms with van der Waals surface area (Å²) in [5, 5.41) is 0. The van der Waals surface area contributed by atoms with Gasteiger partial charge in [0.2, 0.25) is 0 Å². The average Bonchev–Trinajstić information content (AvgIpc) is 2.25. The molecule has 1 aromatic rings. The van der Waals surface area contributed by atoms with Crippen molar-refractivity contribution in [2.24, 2.45) is 11.7 Å². The third kappa shape index (κ3) is 2.97. The predicted octanol–water partition coefficient (Wildman–Crippen LogP) is 3.89. The summed E-state index contributed by atoms with van der Waals surface area (Å²) in [5.41, 5.74) is 4.42. The van der Waals surface area contributed by atoms with E-state index in [1.165, 1.54) is 12.1 Å². The van der Waals surface area contributed by atoms with Gasteiger partial charge >= 0.3 is 6.18 Å². The maximum Gasteiger partial charge on any atom is 0.419 e. The molecule has 5 heteroatoms. The second kappa shape index (κ2) is 5.04. The minimum absolute atomic E-state index is 0.0748. The molecule has 1 nitrogen and oxygen atoms in total. The Morgan fingerprint density at radius 3 is 2.35 bits per heavy atom. The molecule has 1 aromatic carbocycles. The summed E-state index contributed by atoms with van der Waals surface area (Å²) in [6, 6.07) is 2.50. The second-order valence-electron chi connectivity index (χ2n) is 4.12. The quantitative estimate of drug-likeness (QED) is 0.808. The van der Waals surface area contributed by atoms with Crippen LogP contribution in [0.25, 0.3) is 0 Å². The molecule has 96 valence electrons. The summed E-state index contributed by atoms with van der Waals surface area (Å²) in [6.45, 7) is 3.64. The van der Waals surface area contributed by atoms with Crippen molar-refractivity contribution in [2.45, 2.75) is 32.5 Å². The monoisotopic (exact) mass is 249 g/mol. The molecule has 0 aliphatic rings. The maximum atomic E-state index is 13.7. The highest BCUT2D eigenvalue weighted by Crippen LogP contribution is 2.34. The van der Waals surface area contributed by atoms with Crippen LogP contribution in [0.5, 0.6) is 0 Å². The Bertz CT molecular complexity index is 387. The first kappa shape index (κ1) is 14.0. The summed E-state index contributed by atoms with van der Waals surface area (Å²) >= 11 is 0. The molecule has 0 fully saturated rings. The summed E-state index contributed by atoms with van der Waals surface area (Å²) in [5.74, 6) is -1.33. The van der Waals surface area contributed by atoms with E-state index in [1.807, 2.05) is 6.92 Å². The van der Waals surface area contributed by atoms with Gasteiger partial charge in [-0.25, -0.2) is 4.39 Å². The van der Waals surface area contributed by atoms with Gasteiger partial charge in [-0.3, -0.25) is 0 Å². The van der Waals surface area contributed by atoms with E-state index in [1.54, 1.807) is 6.92 Å². The summed E-state index contributed by atoms with van der Waals surface area (Å²) in [7, 11) is 0. The van der Waals surface area contributed by atoms with Crippen molar-refractivity contribution in [1.29, 1.82) is 0 Å². The molecule has 0 amide bonds. The number of hydrogen-bond donors (Lipinski definition) is 1. The van der Waals surface area contributed by atoms with Gasteiger partial charge in [-0.15, -0.1) is 0 Å². The van der Waals surface area contributed by atoms with E-state index in [0.29, 0.717) is 6.42 Å². The molecule has 0 radical (unpaired) electrons. The Hall–Kier alpha value is -1.10. The first-order chi connectivity index (χ1) is 7.79. The first-order valence-corrected chi connectivity index (χ1v) is 5.40. The number of hydrogen-bond acceptors (Lipinski definition) is 1. The molecule has 0 aromatic heterocycles. The molecule has 1 rings (SSSR count). The molecule has 0 heterocycles. The number of halogens is 4. The zero-order valence-electron chi connectivity index (χ0n) is 9.68. The molecule has 0 aliphatic carbocycles. The van der Waals surface area contributed by atoms with Gasteiger partial charge in [0, 0.05) is 11.6 Å². The molecular weight excluding hydrogens is 234 g/mol. The fourth-order valence-corrected chi connectivity index (χ4v) is 1.59. The Morgan fingerprint density at radius 1 is 1.29 bits per heavy atom. The van der Waals surface area contributed by atoms with Crippen LogP contribution in [0.1, 0.15) is 37.4 Å².